The highest BCUT2D eigenvalue weighted by molar-refractivity contribution is 5.40. The third-order valence-electron chi connectivity index (χ3n) is 4.31. The molecule has 0 aromatic heterocycles. The van der Waals surface area contributed by atoms with Crippen LogP contribution in [0.1, 0.15) is 77.3 Å². The number of phenolic OH excluding ortho intramolecular Hbond substituents is 1. The lowest BCUT2D eigenvalue weighted by Gasteiger charge is -2.08. The number of phenols is 1. The van der Waals surface area contributed by atoms with Gasteiger partial charge in [0, 0.05) is 26.7 Å². The molecule has 0 saturated carbocycles. The van der Waals surface area contributed by atoms with E-state index < -0.39 is 0 Å². The Morgan fingerprint density at radius 2 is 1.41 bits per heavy atom. The third-order valence-corrected chi connectivity index (χ3v) is 4.31. The van der Waals surface area contributed by atoms with E-state index in [2.05, 4.69) is 38.5 Å². The van der Waals surface area contributed by atoms with Crippen LogP contribution in [0.3, 0.4) is 0 Å². The van der Waals surface area contributed by atoms with E-state index in [4.69, 9.17) is 0 Å². The SMILES string of the molecule is CC1CCC(C)[OH+]1.CCCCc1cccc(CCCC)c1O. The molecule has 1 heterocycles. The average molecular weight is 307 g/mol. The Morgan fingerprint density at radius 1 is 0.955 bits per heavy atom. The molecule has 2 unspecified atom stereocenters. The van der Waals surface area contributed by atoms with E-state index in [0.29, 0.717) is 18.0 Å². The van der Waals surface area contributed by atoms with Crippen molar-refractivity contribution in [1.82, 2.24) is 0 Å². The highest BCUT2D eigenvalue weighted by Crippen LogP contribution is 2.25. The molecule has 2 atom stereocenters. The number of ether oxygens (including phenoxy) is 1. The molecule has 0 amide bonds. The van der Waals surface area contributed by atoms with Crippen molar-refractivity contribution in [3.63, 3.8) is 0 Å². The van der Waals surface area contributed by atoms with E-state index >= 15 is 0 Å². The molecule has 2 rings (SSSR count). The molecule has 0 spiro atoms. The van der Waals surface area contributed by atoms with Crippen LogP contribution in [0.15, 0.2) is 18.2 Å². The van der Waals surface area contributed by atoms with E-state index in [0.717, 1.165) is 36.8 Å². The second-order valence-corrected chi connectivity index (χ2v) is 6.56. The summed E-state index contributed by atoms with van der Waals surface area (Å²) in [6.07, 6.45) is 10.6. The van der Waals surface area contributed by atoms with E-state index in [1.807, 2.05) is 12.1 Å². The molecule has 2 heteroatoms. The van der Waals surface area contributed by atoms with Gasteiger partial charge in [-0.2, -0.15) is 0 Å². The fraction of sp³-hybridized carbons (Fsp3) is 0.700. The summed E-state index contributed by atoms with van der Waals surface area (Å²) in [5.41, 5.74) is 2.23. The fourth-order valence-corrected chi connectivity index (χ4v) is 2.85. The summed E-state index contributed by atoms with van der Waals surface area (Å²) >= 11 is 0. The van der Waals surface area contributed by atoms with Gasteiger partial charge in [0.1, 0.15) is 5.75 Å². The lowest BCUT2D eigenvalue weighted by molar-refractivity contribution is -0.0979. The van der Waals surface area contributed by atoms with Crippen LogP contribution in [0.25, 0.3) is 0 Å². The second kappa shape index (κ2) is 10.7. The molecule has 2 nitrogen and oxygen atoms in total. The number of hydrogen-bond acceptors (Lipinski definition) is 1. The zero-order chi connectivity index (χ0) is 16.4. The van der Waals surface area contributed by atoms with Crippen molar-refractivity contribution in [1.29, 1.82) is 0 Å². The highest BCUT2D eigenvalue weighted by atomic mass is 16.5. The Kier molecular flexibility index (Phi) is 9.22. The smallest absolute Gasteiger partial charge is 0.152 e. The summed E-state index contributed by atoms with van der Waals surface area (Å²) < 4.78 is 4.39. The Morgan fingerprint density at radius 3 is 1.73 bits per heavy atom. The van der Waals surface area contributed by atoms with Crippen molar-refractivity contribution in [2.45, 2.75) is 91.3 Å². The maximum Gasteiger partial charge on any atom is 0.152 e. The monoisotopic (exact) mass is 307 g/mol. The Hall–Kier alpha value is -1.02. The Bertz CT molecular complexity index is 380. The van der Waals surface area contributed by atoms with E-state index in [1.165, 1.54) is 25.7 Å². The summed E-state index contributed by atoms with van der Waals surface area (Å²) in [4.78, 5) is 0. The number of hydrogen-bond donors (Lipinski definition) is 1. The van der Waals surface area contributed by atoms with Gasteiger partial charge in [-0.05, 0) is 36.8 Å². The Balaban J connectivity index is 0.000000287. The summed E-state index contributed by atoms with van der Waals surface area (Å²) in [5, 5.41) is 10.0. The zero-order valence-electron chi connectivity index (χ0n) is 14.9. The zero-order valence-corrected chi connectivity index (χ0v) is 14.9. The van der Waals surface area contributed by atoms with Crippen molar-refractivity contribution in [3.05, 3.63) is 29.3 Å². The standard InChI is InChI=1S/C14H22O.C6H12O/c1-3-5-8-12-10-7-11-13(14(12)15)9-6-4-2;1-5-3-4-6(2)7-5/h7,10-11,15H,3-6,8-9H2,1-2H3;5-6H,3-4H2,1-2H3/p+1. The first-order valence-electron chi connectivity index (χ1n) is 9.08. The van der Waals surface area contributed by atoms with Gasteiger partial charge in [-0.15, -0.1) is 0 Å². The maximum absolute atomic E-state index is 10.0. The van der Waals surface area contributed by atoms with E-state index in [-0.39, 0.29) is 0 Å². The number of aryl methyl sites for hydroxylation is 2. The molecule has 1 saturated heterocycles. The first kappa shape index (κ1) is 19.0. The van der Waals surface area contributed by atoms with Gasteiger partial charge in [0.25, 0.3) is 0 Å². The normalized spacial score (nSPS) is 20.5. The molecule has 2 N–H and O–H groups in total. The lowest BCUT2D eigenvalue weighted by Crippen LogP contribution is -2.08. The lowest BCUT2D eigenvalue weighted by atomic mass is 10.0. The van der Waals surface area contributed by atoms with Crippen molar-refractivity contribution in [3.8, 4) is 5.75 Å². The molecular weight excluding hydrogens is 272 g/mol. The molecule has 1 aliphatic rings. The van der Waals surface area contributed by atoms with Crippen molar-refractivity contribution in [2.75, 3.05) is 0 Å². The summed E-state index contributed by atoms with van der Waals surface area (Å²) in [6.45, 7) is 8.73. The van der Waals surface area contributed by atoms with Crippen LogP contribution in [0.4, 0.5) is 0 Å². The maximum atomic E-state index is 10.0. The third kappa shape index (κ3) is 6.83. The first-order valence-corrected chi connectivity index (χ1v) is 9.08. The van der Waals surface area contributed by atoms with Crippen LogP contribution < -0.4 is 0 Å². The first-order chi connectivity index (χ1) is 10.6. The number of aromatic hydroxyl groups is 1. The predicted octanol–water partition coefficient (Wildman–Crippen LogP) is 5.16. The van der Waals surface area contributed by atoms with Gasteiger partial charge in [-0.25, -0.2) is 0 Å². The van der Waals surface area contributed by atoms with Gasteiger partial charge in [-0.3, -0.25) is 0 Å². The number of para-hydroxylation sites is 1. The number of rotatable bonds is 6. The predicted molar refractivity (Wildman–Crippen MR) is 95.7 cm³/mol. The summed E-state index contributed by atoms with van der Waals surface area (Å²) in [6, 6.07) is 6.15. The van der Waals surface area contributed by atoms with Crippen LogP contribution in [-0.4, -0.2) is 22.1 Å². The van der Waals surface area contributed by atoms with Crippen LogP contribution in [-0.2, 0) is 12.8 Å². The minimum absolute atomic E-state index is 0.541. The fourth-order valence-electron chi connectivity index (χ4n) is 2.85. The highest BCUT2D eigenvalue weighted by Gasteiger charge is 2.21. The minimum atomic E-state index is 0.541. The van der Waals surface area contributed by atoms with Gasteiger partial charge in [-0.1, -0.05) is 44.9 Å². The summed E-state index contributed by atoms with van der Waals surface area (Å²) in [7, 11) is 0. The molecule has 0 radical (unpaired) electrons. The molecule has 1 aromatic carbocycles. The minimum Gasteiger partial charge on any atom is -0.507 e. The number of unbranched alkanes of at least 4 members (excludes halogenated alkanes) is 2. The van der Waals surface area contributed by atoms with Crippen LogP contribution in [0, 0.1) is 0 Å². The topological polar surface area (TPSA) is 33.0 Å². The molecule has 22 heavy (non-hydrogen) atoms. The van der Waals surface area contributed by atoms with Crippen LogP contribution in [0.5, 0.6) is 5.75 Å². The molecular formula is C20H35O2+. The van der Waals surface area contributed by atoms with E-state index in [1.54, 1.807) is 0 Å². The van der Waals surface area contributed by atoms with Gasteiger partial charge >= 0.3 is 0 Å². The summed E-state index contributed by atoms with van der Waals surface area (Å²) in [5.74, 6) is 0.541. The van der Waals surface area contributed by atoms with Crippen molar-refractivity contribution < 1.29 is 9.84 Å². The van der Waals surface area contributed by atoms with Gasteiger partial charge < -0.3 is 9.84 Å². The number of aliphatic hydroxyl groups is 2. The average Bonchev–Trinajstić information content (AvgIpc) is 2.89. The van der Waals surface area contributed by atoms with Crippen molar-refractivity contribution >= 4 is 0 Å². The van der Waals surface area contributed by atoms with Crippen LogP contribution >= 0.6 is 0 Å². The largest absolute Gasteiger partial charge is 0.507 e. The van der Waals surface area contributed by atoms with Crippen molar-refractivity contribution in [2.24, 2.45) is 0 Å². The molecule has 126 valence electrons. The molecule has 1 aromatic rings. The Labute approximate surface area is 136 Å². The van der Waals surface area contributed by atoms with Gasteiger partial charge in [0.2, 0.25) is 0 Å². The molecule has 1 aliphatic heterocycles. The van der Waals surface area contributed by atoms with Crippen LogP contribution in [0.2, 0.25) is 0 Å². The molecule has 0 aliphatic carbocycles. The second-order valence-electron chi connectivity index (χ2n) is 6.56. The van der Waals surface area contributed by atoms with Gasteiger partial charge in [0.15, 0.2) is 12.2 Å². The molecule has 0 bridgehead atoms. The number of benzene rings is 1. The quantitative estimate of drug-likeness (QED) is 0.723. The van der Waals surface area contributed by atoms with E-state index in [9.17, 15) is 5.11 Å². The van der Waals surface area contributed by atoms with Gasteiger partial charge in [0.05, 0.1) is 0 Å². The molecule has 1 fully saturated rings.